The van der Waals surface area contributed by atoms with Crippen LogP contribution in [-0.2, 0) is 9.59 Å². The fraction of sp³-hybridized carbons (Fsp3) is 0.400. The molecule has 0 saturated carbocycles. The molecule has 2 aliphatic heterocycles. The second-order valence-electron chi connectivity index (χ2n) is 6.91. The summed E-state index contributed by atoms with van der Waals surface area (Å²) in [6.07, 6.45) is 1.36. The Morgan fingerprint density at radius 3 is 2.96 bits per heavy atom. The summed E-state index contributed by atoms with van der Waals surface area (Å²) in [5, 5.41) is 5.21. The number of amides is 2. The maximum atomic E-state index is 12.5. The highest BCUT2D eigenvalue weighted by Gasteiger charge is 2.52. The molecule has 2 heterocycles. The van der Waals surface area contributed by atoms with E-state index >= 15 is 0 Å². The SMILES string of the molecule is C[C@]12CCC(=O)N1[C@@H](C(=O)NCCOc1ccc3ccccc3c1)CS2. The van der Waals surface area contributed by atoms with Gasteiger partial charge in [-0.05, 0) is 36.2 Å². The topological polar surface area (TPSA) is 58.6 Å². The van der Waals surface area contributed by atoms with Gasteiger partial charge in [-0.15, -0.1) is 11.8 Å². The van der Waals surface area contributed by atoms with Gasteiger partial charge < -0.3 is 15.0 Å². The molecule has 6 heteroatoms. The maximum Gasteiger partial charge on any atom is 0.243 e. The van der Waals surface area contributed by atoms with E-state index in [4.69, 9.17) is 4.74 Å². The molecule has 2 saturated heterocycles. The molecule has 2 amide bonds. The summed E-state index contributed by atoms with van der Waals surface area (Å²) in [4.78, 5) is 26.2. The van der Waals surface area contributed by atoms with Crippen LogP contribution in [0.4, 0.5) is 0 Å². The zero-order valence-corrected chi connectivity index (χ0v) is 15.6. The Kier molecular flexibility index (Phi) is 4.53. The minimum atomic E-state index is -0.360. The molecule has 2 aliphatic rings. The van der Waals surface area contributed by atoms with Gasteiger partial charge in [0, 0.05) is 12.2 Å². The lowest BCUT2D eigenvalue weighted by molar-refractivity contribution is -0.137. The highest BCUT2D eigenvalue weighted by Crippen LogP contribution is 2.47. The van der Waals surface area contributed by atoms with Crippen LogP contribution in [0.1, 0.15) is 19.8 Å². The highest BCUT2D eigenvalue weighted by molar-refractivity contribution is 8.01. The number of thioether (sulfide) groups is 1. The van der Waals surface area contributed by atoms with Crippen molar-refractivity contribution >= 4 is 34.3 Å². The summed E-state index contributed by atoms with van der Waals surface area (Å²) in [6, 6.07) is 13.7. The van der Waals surface area contributed by atoms with Crippen LogP contribution in [0.25, 0.3) is 10.8 Å². The second-order valence-corrected chi connectivity index (χ2v) is 8.42. The first-order chi connectivity index (χ1) is 12.6. The summed E-state index contributed by atoms with van der Waals surface area (Å²) in [7, 11) is 0. The molecule has 2 fully saturated rings. The monoisotopic (exact) mass is 370 g/mol. The van der Waals surface area contributed by atoms with Crippen molar-refractivity contribution in [3.05, 3.63) is 42.5 Å². The lowest BCUT2D eigenvalue weighted by Gasteiger charge is -2.29. The number of nitrogens with one attached hydrogen (secondary N) is 1. The van der Waals surface area contributed by atoms with Crippen LogP contribution < -0.4 is 10.1 Å². The molecule has 2 aromatic carbocycles. The van der Waals surface area contributed by atoms with Gasteiger partial charge in [0.05, 0.1) is 11.4 Å². The summed E-state index contributed by atoms with van der Waals surface area (Å²) in [5.41, 5.74) is 0. The molecule has 0 unspecified atom stereocenters. The molecule has 0 aliphatic carbocycles. The molecular weight excluding hydrogens is 348 g/mol. The van der Waals surface area contributed by atoms with E-state index < -0.39 is 0 Å². The van der Waals surface area contributed by atoms with E-state index in [2.05, 4.69) is 18.3 Å². The average Bonchev–Trinajstić information content (AvgIpc) is 3.14. The van der Waals surface area contributed by atoms with E-state index in [1.807, 2.05) is 36.4 Å². The molecule has 136 valence electrons. The highest BCUT2D eigenvalue weighted by atomic mass is 32.2. The van der Waals surface area contributed by atoms with Crippen LogP contribution in [-0.4, -0.2) is 46.5 Å². The van der Waals surface area contributed by atoms with E-state index in [0.29, 0.717) is 25.3 Å². The first kappa shape index (κ1) is 17.2. The van der Waals surface area contributed by atoms with Gasteiger partial charge in [0.15, 0.2) is 0 Å². The van der Waals surface area contributed by atoms with Crippen LogP contribution in [0.15, 0.2) is 42.5 Å². The molecule has 1 N–H and O–H groups in total. The Morgan fingerprint density at radius 1 is 1.31 bits per heavy atom. The predicted octanol–water partition coefficient (Wildman–Crippen LogP) is 2.79. The Morgan fingerprint density at radius 2 is 2.12 bits per heavy atom. The van der Waals surface area contributed by atoms with E-state index in [1.54, 1.807) is 16.7 Å². The minimum absolute atomic E-state index is 0.0846. The van der Waals surface area contributed by atoms with Gasteiger partial charge in [0.1, 0.15) is 18.4 Å². The first-order valence-electron chi connectivity index (χ1n) is 8.92. The van der Waals surface area contributed by atoms with Gasteiger partial charge in [0.25, 0.3) is 0 Å². The van der Waals surface area contributed by atoms with Crippen molar-refractivity contribution < 1.29 is 14.3 Å². The number of hydrogen-bond donors (Lipinski definition) is 1. The normalized spacial score (nSPS) is 24.7. The van der Waals surface area contributed by atoms with Crippen LogP contribution in [0.3, 0.4) is 0 Å². The third-order valence-corrected chi connectivity index (χ3v) is 6.64. The van der Waals surface area contributed by atoms with Crippen molar-refractivity contribution in [3.8, 4) is 5.75 Å². The van der Waals surface area contributed by atoms with Crippen molar-refractivity contribution in [2.24, 2.45) is 0 Å². The molecule has 0 bridgehead atoms. The molecule has 2 atom stereocenters. The molecule has 0 aromatic heterocycles. The summed E-state index contributed by atoms with van der Waals surface area (Å²) >= 11 is 1.71. The zero-order valence-electron chi connectivity index (χ0n) is 14.7. The van der Waals surface area contributed by atoms with Crippen molar-refractivity contribution in [2.45, 2.75) is 30.7 Å². The first-order valence-corrected chi connectivity index (χ1v) is 9.91. The number of rotatable bonds is 5. The number of nitrogens with zero attached hydrogens (tertiary/aromatic N) is 1. The molecule has 0 spiro atoms. The summed E-state index contributed by atoms with van der Waals surface area (Å²) in [6.45, 7) is 2.87. The summed E-state index contributed by atoms with van der Waals surface area (Å²) in [5.74, 6) is 1.46. The van der Waals surface area contributed by atoms with E-state index in [9.17, 15) is 9.59 Å². The third-order valence-electron chi connectivity index (χ3n) is 5.14. The molecule has 4 rings (SSSR count). The molecule has 5 nitrogen and oxygen atoms in total. The number of benzene rings is 2. The summed E-state index contributed by atoms with van der Waals surface area (Å²) < 4.78 is 5.75. The minimum Gasteiger partial charge on any atom is -0.492 e. The standard InChI is InChI=1S/C20H22N2O3S/c1-20-9-8-18(23)22(20)17(13-26-20)19(24)21-10-11-25-16-7-6-14-4-2-3-5-15(14)12-16/h2-7,12,17H,8-11,13H2,1H3,(H,21,24)/t17-,20+/m1/s1. The number of carbonyl (C=O) groups excluding carboxylic acids is 2. The van der Waals surface area contributed by atoms with Crippen LogP contribution >= 0.6 is 11.8 Å². The molecule has 26 heavy (non-hydrogen) atoms. The number of hydrogen-bond acceptors (Lipinski definition) is 4. The fourth-order valence-corrected chi connectivity index (χ4v) is 5.16. The molecular formula is C20H22N2O3S. The Balaban J connectivity index is 1.29. The molecule has 0 radical (unpaired) electrons. The lowest BCUT2D eigenvalue weighted by atomic mass is 10.1. The molecule has 2 aromatic rings. The average molecular weight is 370 g/mol. The Labute approximate surface area is 157 Å². The third kappa shape index (κ3) is 3.14. The smallest absolute Gasteiger partial charge is 0.243 e. The van der Waals surface area contributed by atoms with Gasteiger partial charge in [0.2, 0.25) is 11.8 Å². The van der Waals surface area contributed by atoms with E-state index in [-0.39, 0.29) is 22.7 Å². The fourth-order valence-electron chi connectivity index (χ4n) is 3.73. The zero-order chi connectivity index (χ0) is 18.1. The quantitative estimate of drug-likeness (QED) is 0.823. The van der Waals surface area contributed by atoms with Crippen molar-refractivity contribution in [2.75, 3.05) is 18.9 Å². The van der Waals surface area contributed by atoms with Gasteiger partial charge in [-0.3, -0.25) is 9.59 Å². The second kappa shape index (κ2) is 6.83. The number of carbonyl (C=O) groups is 2. The van der Waals surface area contributed by atoms with Gasteiger partial charge >= 0.3 is 0 Å². The van der Waals surface area contributed by atoms with Gasteiger partial charge in [-0.25, -0.2) is 0 Å². The van der Waals surface area contributed by atoms with Crippen LogP contribution in [0.5, 0.6) is 5.75 Å². The van der Waals surface area contributed by atoms with Gasteiger partial charge in [-0.2, -0.15) is 0 Å². The van der Waals surface area contributed by atoms with Crippen LogP contribution in [0.2, 0.25) is 0 Å². The Bertz CT molecular complexity index is 856. The lowest BCUT2D eigenvalue weighted by Crippen LogP contribution is -2.50. The van der Waals surface area contributed by atoms with Crippen molar-refractivity contribution in [1.82, 2.24) is 10.2 Å². The Hall–Kier alpha value is -2.21. The van der Waals surface area contributed by atoms with Crippen molar-refractivity contribution in [1.29, 1.82) is 0 Å². The van der Waals surface area contributed by atoms with Crippen LogP contribution in [0, 0.1) is 0 Å². The maximum absolute atomic E-state index is 12.5. The predicted molar refractivity (Wildman–Crippen MR) is 103 cm³/mol. The van der Waals surface area contributed by atoms with Crippen molar-refractivity contribution in [3.63, 3.8) is 0 Å². The number of ether oxygens (including phenoxy) is 1. The van der Waals surface area contributed by atoms with Gasteiger partial charge in [-0.1, -0.05) is 30.3 Å². The van der Waals surface area contributed by atoms with E-state index in [1.165, 1.54) is 5.39 Å². The van der Waals surface area contributed by atoms with E-state index in [0.717, 1.165) is 17.6 Å². The largest absolute Gasteiger partial charge is 0.492 e. The number of fused-ring (bicyclic) bond motifs is 2.